The normalized spacial score (nSPS) is 14.7. The number of rotatable bonds is 41. The van der Waals surface area contributed by atoms with Crippen molar-refractivity contribution in [2.24, 2.45) is 0 Å². The lowest BCUT2D eigenvalue weighted by Gasteiger charge is -2.20. The lowest BCUT2D eigenvalue weighted by molar-refractivity contribution is -0.154. The minimum absolute atomic E-state index is 0.00610. The van der Waals surface area contributed by atoms with Gasteiger partial charge in [0.25, 0.3) is 0 Å². The molecule has 324 valence electrons. The van der Waals surface area contributed by atoms with E-state index in [9.17, 15) is 19.4 Å². The Labute approximate surface area is 342 Å². The van der Waals surface area contributed by atoms with Gasteiger partial charge in [-0.1, -0.05) is 157 Å². The number of unbranched alkanes of at least 4 members (excludes halogenated alkanes) is 15. The maximum atomic E-state index is 12.6. The average Bonchev–Trinajstić information content (AvgIpc) is 3.19. The number of carbonyl (C=O) groups excluding carboxylic acids is 1. The molecule has 0 aliphatic heterocycles. The molecular formula is C46H81O9P. The van der Waals surface area contributed by atoms with Crippen molar-refractivity contribution >= 4 is 13.8 Å². The van der Waals surface area contributed by atoms with Gasteiger partial charge in [0.15, 0.2) is 0 Å². The Hall–Kier alpha value is -2.10. The maximum Gasteiger partial charge on any atom is 0.472 e. The molecule has 56 heavy (non-hydrogen) atoms. The molecule has 0 saturated carbocycles. The lowest BCUT2D eigenvalue weighted by Crippen LogP contribution is -2.29. The predicted octanol–water partition coefficient (Wildman–Crippen LogP) is 12.1. The molecule has 9 nitrogen and oxygen atoms in total. The number of carbonyl (C=O) groups is 1. The Morgan fingerprint density at radius 1 is 0.571 bits per heavy atom. The highest BCUT2D eigenvalue weighted by Crippen LogP contribution is 2.43. The Balaban J connectivity index is 4.22. The van der Waals surface area contributed by atoms with Gasteiger partial charge in [0.2, 0.25) is 0 Å². The number of hydrogen-bond donors (Lipinski definition) is 3. The highest BCUT2D eigenvalue weighted by Gasteiger charge is 2.26. The van der Waals surface area contributed by atoms with Gasteiger partial charge < -0.3 is 24.6 Å². The van der Waals surface area contributed by atoms with E-state index in [0.717, 1.165) is 70.6 Å². The second-order valence-corrected chi connectivity index (χ2v) is 15.8. The van der Waals surface area contributed by atoms with Crippen LogP contribution in [0.5, 0.6) is 0 Å². The minimum atomic E-state index is -4.54. The SMILES string of the molecule is CC/C=C\C/C=C\C/C=C\C/C=C\CCCOCC(COP(=O)(O)OCC(O)CO)OC(=O)CCCCCCCCCCC/C=C\C/C=C\CCCCCCC. The van der Waals surface area contributed by atoms with Gasteiger partial charge >= 0.3 is 13.8 Å². The number of esters is 1. The fraction of sp³-hybridized carbons (Fsp3) is 0.717. The molecule has 0 aliphatic rings. The van der Waals surface area contributed by atoms with Gasteiger partial charge in [-0.05, 0) is 77.0 Å². The number of aliphatic hydroxyl groups excluding tert-OH is 2. The van der Waals surface area contributed by atoms with Crippen LogP contribution in [0, 0.1) is 0 Å². The van der Waals surface area contributed by atoms with Crippen molar-refractivity contribution in [1.82, 2.24) is 0 Å². The van der Waals surface area contributed by atoms with Crippen LogP contribution in [-0.2, 0) is 27.9 Å². The minimum Gasteiger partial charge on any atom is -0.457 e. The van der Waals surface area contributed by atoms with Crippen LogP contribution in [0.4, 0.5) is 0 Å². The first-order valence-corrected chi connectivity index (χ1v) is 23.4. The standard InChI is InChI=1S/C46H81O9P/c1-3-5-7-9-11-13-15-17-19-20-21-22-23-24-25-26-28-30-32-34-36-38-46(49)55-45(43-54-56(50,51)53-41-44(48)40-47)42-52-39-37-35-33-31-29-27-18-16-14-12-10-8-6-4-2/h6,8,12,14-15,17-18,20-21,27,31,33,44-45,47-48H,3-5,7,9-11,13,16,19,22-26,28-30,32,34-43H2,1-2H3,(H,50,51)/b8-6-,14-12-,17-15-,21-20-,27-18-,33-31-. The second-order valence-electron chi connectivity index (χ2n) is 14.3. The van der Waals surface area contributed by atoms with Crippen LogP contribution in [0.25, 0.3) is 0 Å². The van der Waals surface area contributed by atoms with Crippen LogP contribution in [0.15, 0.2) is 72.9 Å². The van der Waals surface area contributed by atoms with Crippen molar-refractivity contribution < 1.29 is 43.0 Å². The molecule has 0 radical (unpaired) electrons. The van der Waals surface area contributed by atoms with Gasteiger partial charge in [-0.15, -0.1) is 0 Å². The fourth-order valence-electron chi connectivity index (χ4n) is 5.57. The van der Waals surface area contributed by atoms with Crippen molar-refractivity contribution in [2.75, 3.05) is 33.0 Å². The fourth-order valence-corrected chi connectivity index (χ4v) is 6.36. The van der Waals surface area contributed by atoms with Crippen molar-refractivity contribution in [1.29, 1.82) is 0 Å². The Kier molecular flexibility index (Phi) is 40.9. The van der Waals surface area contributed by atoms with E-state index in [1.54, 1.807) is 0 Å². The van der Waals surface area contributed by atoms with Crippen LogP contribution in [-0.4, -0.2) is 66.3 Å². The molecule has 10 heteroatoms. The molecule has 3 unspecified atom stereocenters. The number of hydrogen-bond acceptors (Lipinski definition) is 8. The lowest BCUT2D eigenvalue weighted by atomic mass is 10.1. The first kappa shape index (κ1) is 53.9. The Bertz CT molecular complexity index is 1100. The summed E-state index contributed by atoms with van der Waals surface area (Å²) < 4.78 is 33.3. The zero-order valence-electron chi connectivity index (χ0n) is 35.3. The molecule has 0 aromatic rings. The molecule has 0 aromatic heterocycles. The summed E-state index contributed by atoms with van der Waals surface area (Å²) in [6.45, 7) is 3.22. The van der Waals surface area contributed by atoms with Gasteiger partial charge in [0, 0.05) is 13.0 Å². The summed E-state index contributed by atoms with van der Waals surface area (Å²) in [6.07, 6.45) is 50.2. The summed E-state index contributed by atoms with van der Waals surface area (Å²) in [4.78, 5) is 22.6. The monoisotopic (exact) mass is 809 g/mol. The van der Waals surface area contributed by atoms with Crippen molar-refractivity contribution in [3.05, 3.63) is 72.9 Å². The van der Waals surface area contributed by atoms with Crippen molar-refractivity contribution in [2.45, 2.75) is 180 Å². The number of aliphatic hydroxyl groups is 2. The number of ether oxygens (including phenoxy) is 2. The molecule has 0 heterocycles. The van der Waals surface area contributed by atoms with E-state index < -0.39 is 45.8 Å². The van der Waals surface area contributed by atoms with Crippen LogP contribution in [0.2, 0.25) is 0 Å². The van der Waals surface area contributed by atoms with E-state index >= 15 is 0 Å². The third-order valence-corrected chi connectivity index (χ3v) is 9.83. The number of allylic oxidation sites excluding steroid dienone is 12. The molecule has 0 aliphatic carbocycles. The molecule has 0 aromatic carbocycles. The van der Waals surface area contributed by atoms with Gasteiger partial charge in [-0.2, -0.15) is 0 Å². The Morgan fingerprint density at radius 2 is 1.02 bits per heavy atom. The maximum absolute atomic E-state index is 12.6. The largest absolute Gasteiger partial charge is 0.472 e. The summed E-state index contributed by atoms with van der Waals surface area (Å²) >= 11 is 0. The number of phosphoric acid groups is 1. The zero-order chi connectivity index (χ0) is 41.1. The number of phosphoric ester groups is 1. The van der Waals surface area contributed by atoms with E-state index in [-0.39, 0.29) is 13.0 Å². The zero-order valence-corrected chi connectivity index (χ0v) is 36.2. The third kappa shape index (κ3) is 41.5. The van der Waals surface area contributed by atoms with E-state index in [1.807, 2.05) is 0 Å². The highest BCUT2D eigenvalue weighted by molar-refractivity contribution is 7.47. The second kappa shape index (κ2) is 42.5. The summed E-state index contributed by atoms with van der Waals surface area (Å²) in [5.41, 5.74) is 0. The molecule has 0 spiro atoms. The first-order chi connectivity index (χ1) is 27.3. The van der Waals surface area contributed by atoms with Gasteiger partial charge in [0.05, 0.1) is 26.4 Å². The van der Waals surface area contributed by atoms with Crippen LogP contribution >= 0.6 is 7.82 Å². The van der Waals surface area contributed by atoms with Crippen LogP contribution in [0.1, 0.15) is 168 Å². The quantitative estimate of drug-likeness (QED) is 0.0239. The van der Waals surface area contributed by atoms with Gasteiger partial charge in [0.1, 0.15) is 12.2 Å². The van der Waals surface area contributed by atoms with Crippen LogP contribution in [0.3, 0.4) is 0 Å². The van der Waals surface area contributed by atoms with Gasteiger partial charge in [-0.25, -0.2) is 4.57 Å². The molecular weight excluding hydrogens is 727 g/mol. The Morgan fingerprint density at radius 3 is 1.54 bits per heavy atom. The summed E-state index contributed by atoms with van der Waals surface area (Å²) in [7, 11) is -4.54. The molecule has 3 N–H and O–H groups in total. The topological polar surface area (TPSA) is 132 Å². The molecule has 0 saturated heterocycles. The van der Waals surface area contributed by atoms with Crippen molar-refractivity contribution in [3.8, 4) is 0 Å². The summed E-state index contributed by atoms with van der Waals surface area (Å²) in [6, 6.07) is 0. The smallest absolute Gasteiger partial charge is 0.457 e. The summed E-state index contributed by atoms with van der Waals surface area (Å²) in [5, 5.41) is 18.3. The molecule has 0 rings (SSSR count). The average molecular weight is 809 g/mol. The molecule has 0 bridgehead atoms. The predicted molar refractivity (Wildman–Crippen MR) is 233 cm³/mol. The molecule has 0 amide bonds. The first-order valence-electron chi connectivity index (χ1n) is 21.9. The van der Waals surface area contributed by atoms with Crippen LogP contribution < -0.4 is 0 Å². The van der Waals surface area contributed by atoms with E-state index in [2.05, 4.69) is 86.8 Å². The van der Waals surface area contributed by atoms with Gasteiger partial charge in [-0.3, -0.25) is 13.8 Å². The molecule has 3 atom stereocenters. The van der Waals surface area contributed by atoms with Crippen molar-refractivity contribution in [3.63, 3.8) is 0 Å². The molecule has 0 fully saturated rings. The van der Waals surface area contributed by atoms with E-state index in [4.69, 9.17) is 23.6 Å². The third-order valence-electron chi connectivity index (χ3n) is 8.88. The van der Waals surface area contributed by atoms with E-state index in [1.165, 1.54) is 70.6 Å². The van der Waals surface area contributed by atoms with E-state index in [0.29, 0.717) is 13.0 Å². The summed E-state index contributed by atoms with van der Waals surface area (Å²) in [5.74, 6) is -0.408. The highest BCUT2D eigenvalue weighted by atomic mass is 31.2.